The first-order chi connectivity index (χ1) is 10.7. The average Bonchev–Trinajstić information content (AvgIpc) is 2.43. The minimum atomic E-state index is -3.63. The van der Waals surface area contributed by atoms with Crippen LogP contribution in [0, 0.1) is 0 Å². The van der Waals surface area contributed by atoms with E-state index in [1.54, 1.807) is 0 Å². The fourth-order valence-corrected chi connectivity index (χ4v) is 2.28. The van der Waals surface area contributed by atoms with E-state index in [0.29, 0.717) is 0 Å². The van der Waals surface area contributed by atoms with Gasteiger partial charge in [0.1, 0.15) is 5.75 Å². The molecule has 0 bridgehead atoms. The third-order valence-corrected chi connectivity index (χ3v) is 3.30. The Hall–Kier alpha value is -2.94. The van der Waals surface area contributed by atoms with E-state index in [-0.39, 0.29) is 34.2 Å². The van der Waals surface area contributed by atoms with Crippen molar-refractivity contribution in [2.45, 2.75) is 0 Å². The fourth-order valence-electron chi connectivity index (χ4n) is 1.72. The monoisotopic (exact) mass is 338 g/mol. The summed E-state index contributed by atoms with van der Waals surface area (Å²) in [6.07, 6.45) is 0.905. The third kappa shape index (κ3) is 4.27. The molecule has 0 aromatic heterocycles. The Morgan fingerprint density at radius 1 is 1.13 bits per heavy atom. The standard InChI is InChI=1S/C14H14N2O6S/c1-23(20,21)16-10-6-8(2-4-11(10)17)14(19)22-13-7-9(15)3-5-12(13)18/h2-7,16-18H,15H2,1H3. The number of phenols is 2. The zero-order valence-electron chi connectivity index (χ0n) is 12.0. The summed E-state index contributed by atoms with van der Waals surface area (Å²) >= 11 is 0. The van der Waals surface area contributed by atoms with Crippen molar-refractivity contribution in [3.8, 4) is 17.2 Å². The van der Waals surface area contributed by atoms with Crippen LogP contribution >= 0.6 is 0 Å². The Labute approximate surface area is 132 Å². The Balaban J connectivity index is 2.29. The number of nitrogens with two attached hydrogens (primary N) is 1. The van der Waals surface area contributed by atoms with Crippen LogP contribution in [-0.4, -0.2) is 30.9 Å². The Bertz CT molecular complexity index is 864. The summed E-state index contributed by atoms with van der Waals surface area (Å²) in [5.74, 6) is -1.62. The van der Waals surface area contributed by atoms with Gasteiger partial charge in [-0.3, -0.25) is 4.72 Å². The van der Waals surface area contributed by atoms with Crippen molar-refractivity contribution in [1.82, 2.24) is 0 Å². The average molecular weight is 338 g/mol. The molecule has 0 saturated carbocycles. The number of aromatic hydroxyl groups is 2. The fraction of sp³-hybridized carbons (Fsp3) is 0.0714. The maximum Gasteiger partial charge on any atom is 0.343 e. The van der Waals surface area contributed by atoms with Crippen molar-refractivity contribution in [3.05, 3.63) is 42.0 Å². The molecule has 0 amide bonds. The molecule has 0 radical (unpaired) electrons. The van der Waals surface area contributed by atoms with E-state index in [2.05, 4.69) is 4.72 Å². The summed E-state index contributed by atoms with van der Waals surface area (Å²) < 4.78 is 29.5. The molecule has 0 fully saturated rings. The van der Waals surface area contributed by atoms with Gasteiger partial charge in [0.15, 0.2) is 11.5 Å². The van der Waals surface area contributed by atoms with E-state index < -0.39 is 16.0 Å². The van der Waals surface area contributed by atoms with Gasteiger partial charge in [-0.25, -0.2) is 13.2 Å². The number of hydrogen-bond donors (Lipinski definition) is 4. The van der Waals surface area contributed by atoms with E-state index in [1.165, 1.54) is 24.3 Å². The molecule has 23 heavy (non-hydrogen) atoms. The van der Waals surface area contributed by atoms with Crippen molar-refractivity contribution in [1.29, 1.82) is 0 Å². The maximum absolute atomic E-state index is 12.1. The van der Waals surface area contributed by atoms with Crippen LogP contribution in [0.15, 0.2) is 36.4 Å². The van der Waals surface area contributed by atoms with Gasteiger partial charge in [0, 0.05) is 11.8 Å². The minimum Gasteiger partial charge on any atom is -0.506 e. The minimum absolute atomic E-state index is 0.0317. The van der Waals surface area contributed by atoms with Gasteiger partial charge in [-0.05, 0) is 30.3 Å². The number of esters is 1. The molecule has 5 N–H and O–H groups in total. The molecule has 0 saturated heterocycles. The zero-order chi connectivity index (χ0) is 17.2. The van der Waals surface area contributed by atoms with Gasteiger partial charge in [-0.1, -0.05) is 0 Å². The number of anilines is 2. The largest absolute Gasteiger partial charge is 0.506 e. The van der Waals surface area contributed by atoms with Crippen molar-refractivity contribution < 1.29 is 28.2 Å². The summed E-state index contributed by atoms with van der Waals surface area (Å²) in [5.41, 5.74) is 5.63. The van der Waals surface area contributed by atoms with Crippen molar-refractivity contribution >= 4 is 27.4 Å². The van der Waals surface area contributed by atoms with Gasteiger partial charge in [-0.2, -0.15) is 0 Å². The van der Waals surface area contributed by atoms with Gasteiger partial charge in [0.25, 0.3) is 0 Å². The van der Waals surface area contributed by atoms with Crippen molar-refractivity contribution in [3.63, 3.8) is 0 Å². The molecule has 0 aliphatic rings. The predicted octanol–water partition coefficient (Wildman–Crippen LogP) is 1.27. The number of hydrogen-bond acceptors (Lipinski definition) is 7. The molecule has 0 spiro atoms. The summed E-state index contributed by atoms with van der Waals surface area (Å²) in [4.78, 5) is 12.1. The quantitative estimate of drug-likeness (QED) is 0.216. The number of ether oxygens (including phenoxy) is 1. The van der Waals surface area contributed by atoms with Crippen LogP contribution in [-0.2, 0) is 10.0 Å². The van der Waals surface area contributed by atoms with Gasteiger partial charge in [0.2, 0.25) is 10.0 Å². The Kier molecular flexibility index (Phi) is 4.32. The van der Waals surface area contributed by atoms with Gasteiger partial charge < -0.3 is 20.7 Å². The molecule has 2 rings (SSSR count). The molecule has 122 valence electrons. The van der Waals surface area contributed by atoms with Crippen LogP contribution in [0.4, 0.5) is 11.4 Å². The molecule has 2 aromatic carbocycles. The van der Waals surface area contributed by atoms with Crippen LogP contribution in [0.2, 0.25) is 0 Å². The van der Waals surface area contributed by atoms with Crippen LogP contribution in [0.25, 0.3) is 0 Å². The third-order valence-electron chi connectivity index (χ3n) is 2.71. The SMILES string of the molecule is CS(=O)(=O)Nc1cc(C(=O)Oc2cc(N)ccc2O)ccc1O. The van der Waals surface area contributed by atoms with Crippen molar-refractivity contribution in [2.75, 3.05) is 16.7 Å². The highest BCUT2D eigenvalue weighted by Gasteiger charge is 2.15. The number of nitrogen functional groups attached to an aromatic ring is 1. The molecule has 0 heterocycles. The van der Waals surface area contributed by atoms with Gasteiger partial charge in [-0.15, -0.1) is 0 Å². The van der Waals surface area contributed by atoms with E-state index in [9.17, 15) is 23.4 Å². The van der Waals surface area contributed by atoms with Crippen LogP contribution in [0.3, 0.4) is 0 Å². The second-order valence-corrected chi connectivity index (χ2v) is 6.47. The molecule has 8 nitrogen and oxygen atoms in total. The highest BCUT2D eigenvalue weighted by atomic mass is 32.2. The number of rotatable bonds is 4. The topological polar surface area (TPSA) is 139 Å². The first kappa shape index (κ1) is 16.4. The number of carbonyl (C=O) groups is 1. The molecule has 0 unspecified atom stereocenters. The number of nitrogens with one attached hydrogen (secondary N) is 1. The highest BCUT2D eigenvalue weighted by Crippen LogP contribution is 2.30. The summed E-state index contributed by atoms with van der Waals surface area (Å²) in [6, 6.07) is 7.47. The van der Waals surface area contributed by atoms with Crippen LogP contribution in [0.1, 0.15) is 10.4 Å². The second kappa shape index (κ2) is 6.05. The van der Waals surface area contributed by atoms with Crippen LogP contribution < -0.4 is 15.2 Å². The lowest BCUT2D eigenvalue weighted by molar-refractivity contribution is 0.0730. The highest BCUT2D eigenvalue weighted by molar-refractivity contribution is 7.92. The lowest BCUT2D eigenvalue weighted by Gasteiger charge is -2.10. The molecular weight excluding hydrogens is 324 g/mol. The lowest BCUT2D eigenvalue weighted by atomic mass is 10.2. The molecular formula is C14H14N2O6S. The normalized spacial score (nSPS) is 11.0. The number of phenolic OH excluding ortho intramolecular Hbond substituents is 2. The van der Waals surface area contributed by atoms with E-state index in [1.807, 2.05) is 0 Å². The summed E-state index contributed by atoms with van der Waals surface area (Å²) in [5, 5.41) is 19.2. The summed E-state index contributed by atoms with van der Waals surface area (Å²) in [6.45, 7) is 0. The first-order valence-corrected chi connectivity index (χ1v) is 8.16. The zero-order valence-corrected chi connectivity index (χ0v) is 12.8. The maximum atomic E-state index is 12.1. The van der Waals surface area contributed by atoms with Crippen molar-refractivity contribution in [2.24, 2.45) is 0 Å². The van der Waals surface area contributed by atoms with Gasteiger partial charge >= 0.3 is 5.97 Å². The number of benzene rings is 2. The number of sulfonamides is 1. The van der Waals surface area contributed by atoms with E-state index in [0.717, 1.165) is 18.4 Å². The first-order valence-electron chi connectivity index (χ1n) is 6.27. The van der Waals surface area contributed by atoms with E-state index in [4.69, 9.17) is 10.5 Å². The Morgan fingerprint density at radius 2 is 1.78 bits per heavy atom. The smallest absolute Gasteiger partial charge is 0.343 e. The lowest BCUT2D eigenvalue weighted by Crippen LogP contribution is -2.12. The predicted molar refractivity (Wildman–Crippen MR) is 84.1 cm³/mol. The molecule has 2 aromatic rings. The molecule has 9 heteroatoms. The number of carbonyl (C=O) groups excluding carboxylic acids is 1. The molecule has 0 aliphatic heterocycles. The Morgan fingerprint density at radius 3 is 2.43 bits per heavy atom. The molecule has 0 atom stereocenters. The van der Waals surface area contributed by atoms with Gasteiger partial charge in [0.05, 0.1) is 17.5 Å². The summed E-state index contributed by atoms with van der Waals surface area (Å²) in [7, 11) is -3.63. The van der Waals surface area contributed by atoms with E-state index >= 15 is 0 Å². The van der Waals surface area contributed by atoms with Crippen LogP contribution in [0.5, 0.6) is 17.2 Å². The second-order valence-electron chi connectivity index (χ2n) is 4.72. The molecule has 0 aliphatic carbocycles.